The van der Waals surface area contributed by atoms with Crippen molar-refractivity contribution in [1.82, 2.24) is 9.78 Å². The van der Waals surface area contributed by atoms with Crippen molar-refractivity contribution in [1.29, 1.82) is 0 Å². The molecule has 106 valence electrons. The highest BCUT2D eigenvalue weighted by Crippen LogP contribution is 2.31. The lowest BCUT2D eigenvalue weighted by atomic mass is 10.0. The molecule has 1 aromatic heterocycles. The van der Waals surface area contributed by atoms with Gasteiger partial charge < -0.3 is 9.47 Å². The number of carbonyl (C=O) groups excluding carboxylic acids is 1. The molecule has 0 saturated carbocycles. The maximum atomic E-state index is 12.3. The number of aromatic nitrogens is 2. The summed E-state index contributed by atoms with van der Waals surface area (Å²) in [5.74, 6) is 1.09. The molecule has 0 aliphatic carbocycles. The van der Waals surface area contributed by atoms with Crippen LogP contribution in [0.4, 0.5) is 0 Å². The second-order valence-corrected chi connectivity index (χ2v) is 4.49. The molecule has 5 heteroatoms. The van der Waals surface area contributed by atoms with Crippen LogP contribution in [-0.2, 0) is 13.5 Å². The van der Waals surface area contributed by atoms with E-state index in [2.05, 4.69) is 5.10 Å². The standard InChI is InChI=1S/C15H18N2O3/c1-17-10-11(9-16-17)7-8-13(18)12-5-4-6-14(19-2)15(12)20-3/h4-6,9-10H,7-8H2,1-3H3. The minimum atomic E-state index is 0.0320. The highest BCUT2D eigenvalue weighted by atomic mass is 16.5. The molecule has 0 fully saturated rings. The molecule has 5 nitrogen and oxygen atoms in total. The van der Waals surface area contributed by atoms with Gasteiger partial charge in [-0.3, -0.25) is 9.48 Å². The van der Waals surface area contributed by atoms with Crippen LogP contribution in [0.1, 0.15) is 22.3 Å². The molecular formula is C15H18N2O3. The van der Waals surface area contributed by atoms with Crippen molar-refractivity contribution in [2.45, 2.75) is 12.8 Å². The predicted octanol–water partition coefficient (Wildman–Crippen LogP) is 2.25. The second kappa shape index (κ2) is 6.23. The molecule has 2 aromatic rings. The lowest BCUT2D eigenvalue weighted by molar-refractivity contribution is 0.0979. The van der Waals surface area contributed by atoms with Crippen molar-refractivity contribution in [2.24, 2.45) is 7.05 Å². The first-order valence-electron chi connectivity index (χ1n) is 6.37. The van der Waals surface area contributed by atoms with Crippen molar-refractivity contribution in [3.05, 3.63) is 41.7 Å². The van der Waals surface area contributed by atoms with E-state index in [0.717, 1.165) is 5.56 Å². The van der Waals surface area contributed by atoms with Crippen LogP contribution >= 0.6 is 0 Å². The Morgan fingerprint density at radius 1 is 1.30 bits per heavy atom. The molecule has 2 rings (SSSR count). The monoisotopic (exact) mass is 274 g/mol. The number of methoxy groups -OCH3 is 2. The van der Waals surface area contributed by atoms with E-state index >= 15 is 0 Å². The molecular weight excluding hydrogens is 256 g/mol. The van der Waals surface area contributed by atoms with Crippen molar-refractivity contribution >= 4 is 5.78 Å². The molecule has 0 amide bonds. The normalized spacial score (nSPS) is 10.3. The highest BCUT2D eigenvalue weighted by molar-refractivity contribution is 5.99. The Labute approximate surface area is 118 Å². The van der Waals surface area contributed by atoms with Gasteiger partial charge in [0.25, 0.3) is 0 Å². The summed E-state index contributed by atoms with van der Waals surface area (Å²) >= 11 is 0. The predicted molar refractivity (Wildman–Crippen MR) is 75.4 cm³/mol. The number of carbonyl (C=O) groups is 1. The van der Waals surface area contributed by atoms with Gasteiger partial charge in [-0.1, -0.05) is 6.07 Å². The van der Waals surface area contributed by atoms with Crippen LogP contribution in [0.5, 0.6) is 11.5 Å². The third-order valence-corrected chi connectivity index (χ3v) is 3.10. The number of aryl methyl sites for hydroxylation is 2. The van der Waals surface area contributed by atoms with Gasteiger partial charge in [0.2, 0.25) is 0 Å². The van der Waals surface area contributed by atoms with Crippen LogP contribution in [0.2, 0.25) is 0 Å². The van der Waals surface area contributed by atoms with E-state index in [0.29, 0.717) is 29.9 Å². The van der Waals surface area contributed by atoms with Crippen molar-refractivity contribution in [2.75, 3.05) is 14.2 Å². The van der Waals surface area contributed by atoms with E-state index in [1.807, 2.05) is 13.2 Å². The third kappa shape index (κ3) is 2.99. The van der Waals surface area contributed by atoms with E-state index in [1.54, 1.807) is 36.2 Å². The van der Waals surface area contributed by atoms with Gasteiger partial charge in [0, 0.05) is 19.7 Å². The summed E-state index contributed by atoms with van der Waals surface area (Å²) in [6.07, 6.45) is 4.76. The topological polar surface area (TPSA) is 53.3 Å². The summed E-state index contributed by atoms with van der Waals surface area (Å²) in [4.78, 5) is 12.3. The Morgan fingerprint density at radius 3 is 2.70 bits per heavy atom. The van der Waals surface area contributed by atoms with Gasteiger partial charge in [-0.15, -0.1) is 0 Å². The quantitative estimate of drug-likeness (QED) is 0.758. The lowest BCUT2D eigenvalue weighted by Gasteiger charge is -2.11. The average Bonchev–Trinajstić information content (AvgIpc) is 2.89. The van der Waals surface area contributed by atoms with Crippen LogP contribution in [-0.4, -0.2) is 29.8 Å². The van der Waals surface area contributed by atoms with E-state index in [-0.39, 0.29) is 5.78 Å². The summed E-state index contributed by atoms with van der Waals surface area (Å²) in [5.41, 5.74) is 1.60. The van der Waals surface area contributed by atoms with Gasteiger partial charge in [-0.2, -0.15) is 5.10 Å². The van der Waals surface area contributed by atoms with Gasteiger partial charge in [0.15, 0.2) is 17.3 Å². The fourth-order valence-electron chi connectivity index (χ4n) is 2.10. The molecule has 0 atom stereocenters. The first kappa shape index (κ1) is 14.1. The molecule has 1 aromatic carbocycles. The van der Waals surface area contributed by atoms with Gasteiger partial charge in [-0.05, 0) is 24.1 Å². The number of benzene rings is 1. The van der Waals surface area contributed by atoms with E-state index in [4.69, 9.17) is 9.47 Å². The Kier molecular flexibility index (Phi) is 4.40. The molecule has 0 spiro atoms. The minimum Gasteiger partial charge on any atom is -0.493 e. The summed E-state index contributed by atoms with van der Waals surface area (Å²) in [7, 11) is 4.95. The Morgan fingerprint density at radius 2 is 2.10 bits per heavy atom. The second-order valence-electron chi connectivity index (χ2n) is 4.49. The Hall–Kier alpha value is -2.30. The smallest absolute Gasteiger partial charge is 0.171 e. The summed E-state index contributed by atoms with van der Waals surface area (Å²) < 4.78 is 12.2. The van der Waals surface area contributed by atoms with Crippen LogP contribution in [0, 0.1) is 0 Å². The maximum Gasteiger partial charge on any atom is 0.171 e. The van der Waals surface area contributed by atoms with Crippen LogP contribution < -0.4 is 9.47 Å². The maximum absolute atomic E-state index is 12.3. The van der Waals surface area contributed by atoms with E-state index in [1.165, 1.54) is 7.11 Å². The first-order chi connectivity index (χ1) is 9.65. The van der Waals surface area contributed by atoms with Crippen LogP contribution in [0.3, 0.4) is 0 Å². The zero-order valence-corrected chi connectivity index (χ0v) is 11.9. The molecule has 0 aliphatic heterocycles. The molecule has 0 N–H and O–H groups in total. The van der Waals surface area contributed by atoms with Crippen molar-refractivity contribution in [3.63, 3.8) is 0 Å². The number of ketones is 1. The summed E-state index contributed by atoms with van der Waals surface area (Å²) in [5, 5.41) is 4.09. The Balaban J connectivity index is 2.12. The van der Waals surface area contributed by atoms with E-state index < -0.39 is 0 Å². The molecule has 0 radical (unpaired) electrons. The number of para-hydroxylation sites is 1. The average molecular weight is 274 g/mol. The molecule has 1 heterocycles. The summed E-state index contributed by atoms with van der Waals surface area (Å²) in [6.45, 7) is 0. The molecule has 0 aliphatic rings. The summed E-state index contributed by atoms with van der Waals surface area (Å²) in [6, 6.07) is 5.32. The van der Waals surface area contributed by atoms with E-state index in [9.17, 15) is 4.79 Å². The largest absolute Gasteiger partial charge is 0.493 e. The lowest BCUT2D eigenvalue weighted by Crippen LogP contribution is -2.05. The van der Waals surface area contributed by atoms with Gasteiger partial charge in [0.1, 0.15) is 0 Å². The number of Topliss-reactive ketones (excluding diaryl/α,β-unsaturated/α-hetero) is 1. The van der Waals surface area contributed by atoms with Gasteiger partial charge in [-0.25, -0.2) is 0 Å². The molecule has 0 bridgehead atoms. The molecule has 0 unspecified atom stereocenters. The van der Waals surface area contributed by atoms with Crippen molar-refractivity contribution in [3.8, 4) is 11.5 Å². The number of hydrogen-bond donors (Lipinski definition) is 0. The first-order valence-corrected chi connectivity index (χ1v) is 6.37. The van der Waals surface area contributed by atoms with Gasteiger partial charge >= 0.3 is 0 Å². The van der Waals surface area contributed by atoms with Crippen LogP contribution in [0.15, 0.2) is 30.6 Å². The fraction of sp³-hybridized carbons (Fsp3) is 0.333. The molecule has 0 saturated heterocycles. The zero-order chi connectivity index (χ0) is 14.5. The molecule has 20 heavy (non-hydrogen) atoms. The van der Waals surface area contributed by atoms with Gasteiger partial charge in [0.05, 0.1) is 26.0 Å². The number of ether oxygens (including phenoxy) is 2. The number of hydrogen-bond acceptors (Lipinski definition) is 4. The highest BCUT2D eigenvalue weighted by Gasteiger charge is 2.16. The number of nitrogens with zero attached hydrogens (tertiary/aromatic N) is 2. The fourth-order valence-corrected chi connectivity index (χ4v) is 2.10. The Bertz CT molecular complexity index is 605. The van der Waals surface area contributed by atoms with Crippen LogP contribution in [0.25, 0.3) is 0 Å². The van der Waals surface area contributed by atoms with Crippen molar-refractivity contribution < 1.29 is 14.3 Å². The minimum absolute atomic E-state index is 0.0320. The number of rotatable bonds is 6. The SMILES string of the molecule is COc1cccc(C(=O)CCc2cnn(C)c2)c1OC. The third-order valence-electron chi connectivity index (χ3n) is 3.10. The zero-order valence-electron chi connectivity index (χ0n) is 11.9.